The summed E-state index contributed by atoms with van der Waals surface area (Å²) >= 11 is 1.67. The van der Waals surface area contributed by atoms with E-state index in [1.54, 1.807) is 11.8 Å². The zero-order chi connectivity index (χ0) is 20.0. The van der Waals surface area contributed by atoms with Gasteiger partial charge in [-0.3, -0.25) is 4.99 Å². The van der Waals surface area contributed by atoms with Gasteiger partial charge in [0.25, 0.3) is 0 Å². The van der Waals surface area contributed by atoms with Crippen LogP contribution in [0.15, 0.2) is 10.1 Å². The highest BCUT2D eigenvalue weighted by atomic mass is 127. The van der Waals surface area contributed by atoms with E-state index in [-0.39, 0.29) is 24.0 Å². The van der Waals surface area contributed by atoms with Crippen LogP contribution in [-0.2, 0) is 17.7 Å². The number of halogens is 1. The molecule has 2 fully saturated rings. The summed E-state index contributed by atoms with van der Waals surface area (Å²) in [7, 11) is 0. The van der Waals surface area contributed by atoms with Gasteiger partial charge in [-0.05, 0) is 38.4 Å². The Bertz CT molecular complexity index is 659. The molecule has 1 aromatic rings. The molecular formula is C20H37IN6OS. The molecule has 0 aliphatic carbocycles. The molecule has 3 rings (SSSR count). The summed E-state index contributed by atoms with van der Waals surface area (Å²) in [5.41, 5.74) is 0.359. The number of ether oxygens (including phenoxy) is 1. The van der Waals surface area contributed by atoms with Gasteiger partial charge in [0.15, 0.2) is 11.1 Å². The fraction of sp³-hybridized carbons (Fsp3) is 0.850. The van der Waals surface area contributed by atoms with E-state index in [0.29, 0.717) is 11.3 Å². The third kappa shape index (κ3) is 6.46. The number of aryl methyl sites for hydroxylation is 1. The first kappa shape index (κ1) is 24.7. The highest BCUT2D eigenvalue weighted by molar-refractivity contribution is 14.0. The number of aliphatic imine (C=N–C) groups is 1. The number of nitrogens with zero attached hydrogens (tertiary/aromatic N) is 5. The highest BCUT2D eigenvalue weighted by Crippen LogP contribution is 2.38. The lowest BCUT2D eigenvalue weighted by Crippen LogP contribution is -2.41. The maximum absolute atomic E-state index is 5.66. The maximum Gasteiger partial charge on any atom is 0.193 e. The number of hydrogen-bond donors (Lipinski definition) is 1. The molecule has 1 spiro atoms. The van der Waals surface area contributed by atoms with Crippen molar-refractivity contribution in [3.05, 3.63) is 5.82 Å². The van der Waals surface area contributed by atoms with Gasteiger partial charge in [0.1, 0.15) is 5.82 Å². The lowest BCUT2D eigenvalue weighted by atomic mass is 9.87. The molecule has 0 saturated carbocycles. The molecule has 2 aliphatic rings. The molecule has 1 N–H and O–H groups in total. The van der Waals surface area contributed by atoms with E-state index in [9.17, 15) is 0 Å². The van der Waals surface area contributed by atoms with Crippen molar-refractivity contribution in [1.29, 1.82) is 0 Å². The van der Waals surface area contributed by atoms with Crippen LogP contribution in [0.1, 0.15) is 45.9 Å². The van der Waals surface area contributed by atoms with Gasteiger partial charge in [0, 0.05) is 51.2 Å². The Labute approximate surface area is 196 Å². The van der Waals surface area contributed by atoms with E-state index in [1.807, 2.05) is 0 Å². The predicted molar refractivity (Wildman–Crippen MR) is 130 cm³/mol. The lowest BCUT2D eigenvalue weighted by molar-refractivity contribution is 0.156. The lowest BCUT2D eigenvalue weighted by Gasteiger charge is -2.25. The minimum absolute atomic E-state index is 0. The predicted octanol–water partition coefficient (Wildman–Crippen LogP) is 3.28. The number of thioether (sulfide) groups is 1. The van der Waals surface area contributed by atoms with Crippen molar-refractivity contribution in [1.82, 2.24) is 25.0 Å². The second-order valence-corrected chi connectivity index (χ2v) is 9.19. The third-order valence-electron chi connectivity index (χ3n) is 5.60. The van der Waals surface area contributed by atoms with Gasteiger partial charge in [-0.15, -0.1) is 34.2 Å². The van der Waals surface area contributed by atoms with E-state index in [2.05, 4.69) is 52.0 Å². The van der Waals surface area contributed by atoms with Crippen molar-refractivity contribution in [2.75, 3.05) is 45.6 Å². The fourth-order valence-electron chi connectivity index (χ4n) is 4.14. The van der Waals surface area contributed by atoms with E-state index in [0.717, 1.165) is 75.7 Å². The molecule has 3 heterocycles. The van der Waals surface area contributed by atoms with Crippen molar-refractivity contribution in [2.24, 2.45) is 16.3 Å². The molecule has 0 amide bonds. The molecule has 0 radical (unpaired) electrons. The van der Waals surface area contributed by atoms with E-state index in [1.165, 1.54) is 12.8 Å². The van der Waals surface area contributed by atoms with E-state index in [4.69, 9.17) is 9.73 Å². The molecule has 0 bridgehead atoms. The van der Waals surface area contributed by atoms with Crippen LogP contribution in [0, 0.1) is 11.3 Å². The Morgan fingerprint density at radius 2 is 2.17 bits per heavy atom. The molecule has 1 atom stereocenters. The van der Waals surface area contributed by atoms with E-state index >= 15 is 0 Å². The summed E-state index contributed by atoms with van der Waals surface area (Å²) in [6.07, 6.45) is 6.37. The minimum Gasteiger partial charge on any atom is -0.381 e. The first-order chi connectivity index (χ1) is 13.6. The Morgan fingerprint density at radius 1 is 1.34 bits per heavy atom. The zero-order valence-electron chi connectivity index (χ0n) is 18.3. The van der Waals surface area contributed by atoms with Crippen LogP contribution < -0.4 is 5.32 Å². The zero-order valence-corrected chi connectivity index (χ0v) is 21.5. The molecule has 2 aliphatic heterocycles. The summed E-state index contributed by atoms with van der Waals surface area (Å²) in [5, 5.41) is 13.3. The number of likely N-dealkylation sites (tertiary alicyclic amines) is 1. The first-order valence-corrected chi connectivity index (χ1v) is 11.9. The quantitative estimate of drug-likeness (QED) is 0.181. The van der Waals surface area contributed by atoms with Gasteiger partial charge in [-0.1, -0.05) is 25.6 Å². The third-order valence-corrected chi connectivity index (χ3v) is 6.27. The molecular weight excluding hydrogens is 499 g/mol. The van der Waals surface area contributed by atoms with E-state index < -0.39 is 0 Å². The van der Waals surface area contributed by atoms with Crippen molar-refractivity contribution in [3.8, 4) is 0 Å². The second kappa shape index (κ2) is 11.7. The van der Waals surface area contributed by atoms with Crippen LogP contribution >= 0.6 is 35.7 Å². The number of hydrogen-bond acceptors (Lipinski definition) is 5. The molecule has 166 valence electrons. The molecule has 1 unspecified atom stereocenters. The van der Waals surface area contributed by atoms with Gasteiger partial charge in [-0.25, -0.2) is 0 Å². The van der Waals surface area contributed by atoms with Crippen LogP contribution in [0.3, 0.4) is 0 Å². The Kier molecular flexibility index (Phi) is 10.0. The average molecular weight is 537 g/mol. The van der Waals surface area contributed by atoms with Gasteiger partial charge in [-0.2, -0.15) is 0 Å². The van der Waals surface area contributed by atoms with Crippen molar-refractivity contribution in [2.45, 2.75) is 58.2 Å². The Hall–Kier alpha value is -0.550. The normalized spacial score (nSPS) is 22.0. The summed E-state index contributed by atoms with van der Waals surface area (Å²) in [6.45, 7) is 13.3. The molecule has 9 heteroatoms. The van der Waals surface area contributed by atoms with Crippen molar-refractivity contribution in [3.63, 3.8) is 0 Å². The standard InChI is InChI=1S/C20H36N6OS.HI/c1-5-21-18(25-11-8-20(14-25)9-12-27-15-20)22-10-6-7-17-23-24-19(28-4)26(17)13-16(2)3;/h16H,5-15H2,1-4H3,(H,21,22);1H. The van der Waals surface area contributed by atoms with Crippen LogP contribution in [-0.4, -0.2) is 71.3 Å². The Morgan fingerprint density at radius 3 is 2.83 bits per heavy atom. The number of nitrogens with one attached hydrogen (secondary N) is 1. The molecule has 1 aromatic heterocycles. The number of rotatable bonds is 8. The first-order valence-electron chi connectivity index (χ1n) is 10.6. The summed E-state index contributed by atoms with van der Waals surface area (Å²) in [5.74, 6) is 2.72. The summed E-state index contributed by atoms with van der Waals surface area (Å²) in [6, 6.07) is 0. The summed E-state index contributed by atoms with van der Waals surface area (Å²) in [4.78, 5) is 7.33. The molecule has 7 nitrogen and oxygen atoms in total. The van der Waals surface area contributed by atoms with Gasteiger partial charge >= 0.3 is 0 Å². The highest BCUT2D eigenvalue weighted by Gasteiger charge is 2.42. The molecule has 2 saturated heterocycles. The monoisotopic (exact) mass is 536 g/mol. The van der Waals surface area contributed by atoms with Gasteiger partial charge < -0.3 is 19.5 Å². The topological polar surface area (TPSA) is 67.6 Å². The number of guanidine groups is 1. The molecule has 0 aromatic carbocycles. The van der Waals surface area contributed by atoms with Gasteiger partial charge in [0.2, 0.25) is 0 Å². The summed E-state index contributed by atoms with van der Waals surface area (Å²) < 4.78 is 7.94. The Balaban J connectivity index is 0.00000300. The second-order valence-electron chi connectivity index (χ2n) is 8.42. The van der Waals surface area contributed by atoms with Crippen LogP contribution in [0.2, 0.25) is 0 Å². The average Bonchev–Trinajstić information content (AvgIpc) is 3.39. The number of aromatic nitrogens is 3. The SMILES string of the molecule is CCNC(=NCCCc1nnc(SC)n1CC(C)C)N1CCC2(CCOC2)C1.I. The van der Waals surface area contributed by atoms with Crippen LogP contribution in [0.25, 0.3) is 0 Å². The smallest absolute Gasteiger partial charge is 0.193 e. The maximum atomic E-state index is 5.66. The largest absolute Gasteiger partial charge is 0.381 e. The fourth-order valence-corrected chi connectivity index (χ4v) is 4.66. The minimum atomic E-state index is 0. The molecule has 29 heavy (non-hydrogen) atoms. The van der Waals surface area contributed by atoms with Crippen molar-refractivity contribution < 1.29 is 4.74 Å². The van der Waals surface area contributed by atoms with Gasteiger partial charge in [0.05, 0.1) is 6.61 Å². The van der Waals surface area contributed by atoms with Crippen LogP contribution in [0.4, 0.5) is 0 Å². The van der Waals surface area contributed by atoms with Crippen molar-refractivity contribution >= 4 is 41.7 Å². The van der Waals surface area contributed by atoms with Crippen LogP contribution in [0.5, 0.6) is 0 Å².